The fraction of sp³-hybridized carbons (Fsp3) is 0.117. The quantitative estimate of drug-likeness (QED) is 0.136. The molecule has 4 heteroatoms. The topological polar surface area (TPSA) is 41.9 Å². The number of aromatic nitrogens is 3. The van der Waals surface area contributed by atoms with Gasteiger partial charge in [-0.15, -0.1) is 0 Å². The lowest BCUT2D eigenvalue weighted by Crippen LogP contribution is -2.17. The predicted molar refractivity (Wildman–Crippen MR) is 268 cm³/mol. The average molecular weight is 827 g/mol. The molecule has 310 valence electrons. The van der Waals surface area contributed by atoms with Crippen molar-refractivity contribution in [3.05, 3.63) is 238 Å². The van der Waals surface area contributed by atoms with Crippen molar-refractivity contribution in [2.45, 2.75) is 47.5 Å². The van der Waals surface area contributed by atoms with E-state index in [2.05, 4.69) is 216 Å². The molecule has 0 saturated carbocycles. The van der Waals surface area contributed by atoms with Crippen molar-refractivity contribution in [3.63, 3.8) is 0 Å². The first-order chi connectivity index (χ1) is 31.2. The molecule has 4 nitrogen and oxygen atoms in total. The van der Waals surface area contributed by atoms with Gasteiger partial charge < -0.3 is 0 Å². The van der Waals surface area contributed by atoms with E-state index in [9.17, 15) is 0 Å². The molecule has 0 unspecified atom stereocenters. The minimum atomic E-state index is 0.0330. The Morgan fingerprint density at radius 2 is 0.844 bits per heavy atom. The maximum atomic E-state index is 5.42. The molecule has 0 saturated heterocycles. The number of fused-ring (bicyclic) bond motifs is 2. The van der Waals surface area contributed by atoms with Crippen molar-refractivity contribution in [2.24, 2.45) is 0 Å². The van der Waals surface area contributed by atoms with Gasteiger partial charge in [0, 0.05) is 28.3 Å². The third-order valence-electron chi connectivity index (χ3n) is 12.6. The maximum Gasteiger partial charge on any atom is 0.238 e. The lowest BCUT2D eigenvalue weighted by Gasteiger charge is -2.29. The van der Waals surface area contributed by atoms with Gasteiger partial charge in [-0.3, -0.25) is 4.90 Å². The minimum absolute atomic E-state index is 0.0330. The molecule has 0 aliphatic heterocycles. The molecule has 0 fully saturated rings. The number of rotatable bonds is 9. The number of aryl methyl sites for hydroxylation is 6. The Bertz CT molecular complexity index is 3230. The van der Waals surface area contributed by atoms with E-state index in [0.717, 1.165) is 49.8 Å². The largest absolute Gasteiger partial charge is 0.278 e. The Hall–Kier alpha value is -7.69. The van der Waals surface area contributed by atoms with Crippen molar-refractivity contribution in [3.8, 4) is 33.9 Å². The van der Waals surface area contributed by atoms with Crippen LogP contribution in [-0.4, -0.2) is 15.0 Å². The second-order valence-electron chi connectivity index (χ2n) is 17.3. The van der Waals surface area contributed by atoms with Crippen LogP contribution in [0.15, 0.2) is 188 Å². The van der Waals surface area contributed by atoms with E-state index in [-0.39, 0.29) is 5.92 Å². The number of nitrogens with zero attached hydrogens (tertiary/aromatic N) is 4. The molecule has 1 heterocycles. The normalized spacial score (nSPS) is 11.4. The van der Waals surface area contributed by atoms with Gasteiger partial charge in [0.15, 0.2) is 11.6 Å². The first-order valence-corrected chi connectivity index (χ1v) is 22.1. The predicted octanol–water partition coefficient (Wildman–Crippen LogP) is 15.7. The SMILES string of the molecule is Cc1cc(C)c(C(c2ccc(N(c3nc(-c4ccccc4)nc(-c4ccc5ccccc5c4)n3)c3cc4ccccc4cc3-c3ccccc3)cc2)c2c(C)cc(C)cc2C)c(C)c1. The fourth-order valence-electron chi connectivity index (χ4n) is 9.85. The molecule has 0 aliphatic rings. The summed E-state index contributed by atoms with van der Waals surface area (Å²) in [7, 11) is 0. The lowest BCUT2D eigenvalue weighted by molar-refractivity contribution is 0.919. The summed E-state index contributed by atoms with van der Waals surface area (Å²) in [5.74, 6) is 1.77. The summed E-state index contributed by atoms with van der Waals surface area (Å²) in [5, 5.41) is 4.58. The van der Waals surface area contributed by atoms with E-state index >= 15 is 0 Å². The third-order valence-corrected chi connectivity index (χ3v) is 12.6. The molecule has 0 spiro atoms. The van der Waals surface area contributed by atoms with Gasteiger partial charge in [-0.05, 0) is 138 Å². The van der Waals surface area contributed by atoms with E-state index < -0.39 is 0 Å². The molecule has 10 aromatic rings. The Morgan fingerprint density at radius 1 is 0.375 bits per heavy atom. The molecule has 10 rings (SSSR count). The van der Waals surface area contributed by atoms with Gasteiger partial charge in [0.05, 0.1) is 5.69 Å². The van der Waals surface area contributed by atoms with Crippen LogP contribution in [-0.2, 0) is 0 Å². The van der Waals surface area contributed by atoms with Crippen LogP contribution in [0.4, 0.5) is 17.3 Å². The van der Waals surface area contributed by atoms with Gasteiger partial charge in [0.1, 0.15) is 0 Å². The van der Waals surface area contributed by atoms with Crippen molar-refractivity contribution in [2.75, 3.05) is 4.90 Å². The summed E-state index contributed by atoms with van der Waals surface area (Å²) in [6.07, 6.45) is 0. The Morgan fingerprint density at radius 3 is 1.41 bits per heavy atom. The highest BCUT2D eigenvalue weighted by Crippen LogP contribution is 2.45. The second-order valence-corrected chi connectivity index (χ2v) is 17.3. The number of anilines is 3. The number of benzene rings is 9. The van der Waals surface area contributed by atoms with Crippen LogP contribution in [0.3, 0.4) is 0 Å². The monoisotopic (exact) mass is 826 g/mol. The maximum absolute atomic E-state index is 5.42. The Labute approximate surface area is 376 Å². The molecule has 0 bridgehead atoms. The van der Waals surface area contributed by atoms with Crippen molar-refractivity contribution in [1.29, 1.82) is 0 Å². The highest BCUT2D eigenvalue weighted by molar-refractivity contribution is 5.98. The summed E-state index contributed by atoms with van der Waals surface area (Å²) < 4.78 is 0. The van der Waals surface area contributed by atoms with E-state index in [1.807, 2.05) is 18.2 Å². The first-order valence-electron chi connectivity index (χ1n) is 22.1. The van der Waals surface area contributed by atoms with Crippen molar-refractivity contribution >= 4 is 38.9 Å². The second kappa shape index (κ2) is 16.9. The van der Waals surface area contributed by atoms with E-state index in [1.165, 1.54) is 55.5 Å². The third kappa shape index (κ3) is 7.73. The summed E-state index contributed by atoms with van der Waals surface area (Å²) >= 11 is 0. The Balaban J connectivity index is 1.24. The zero-order valence-electron chi connectivity index (χ0n) is 37.3. The number of hydrogen-bond donors (Lipinski definition) is 0. The molecule has 0 N–H and O–H groups in total. The highest BCUT2D eigenvalue weighted by Gasteiger charge is 2.27. The summed E-state index contributed by atoms with van der Waals surface area (Å²) in [6.45, 7) is 13.4. The summed E-state index contributed by atoms with van der Waals surface area (Å²) in [4.78, 5) is 18.2. The first kappa shape index (κ1) is 40.4. The van der Waals surface area contributed by atoms with Crippen LogP contribution in [0.5, 0.6) is 0 Å². The molecule has 1 aromatic heterocycles. The van der Waals surface area contributed by atoms with Gasteiger partial charge in [-0.25, -0.2) is 4.98 Å². The molecule has 0 aliphatic carbocycles. The number of hydrogen-bond acceptors (Lipinski definition) is 4. The van der Waals surface area contributed by atoms with Crippen molar-refractivity contribution < 1.29 is 0 Å². The van der Waals surface area contributed by atoms with Crippen molar-refractivity contribution in [1.82, 2.24) is 15.0 Å². The van der Waals surface area contributed by atoms with Crippen LogP contribution in [0.25, 0.3) is 55.4 Å². The van der Waals surface area contributed by atoms with Crippen LogP contribution < -0.4 is 4.90 Å². The summed E-state index contributed by atoms with van der Waals surface area (Å²) in [5.41, 5.74) is 17.6. The minimum Gasteiger partial charge on any atom is -0.278 e. The molecule has 0 radical (unpaired) electrons. The Kier molecular flexibility index (Phi) is 10.7. The van der Waals surface area contributed by atoms with Gasteiger partial charge in [-0.1, -0.05) is 169 Å². The van der Waals surface area contributed by atoms with Gasteiger partial charge >= 0.3 is 0 Å². The molecule has 0 amide bonds. The molecule has 9 aromatic carbocycles. The van der Waals surface area contributed by atoms with Crippen LogP contribution >= 0.6 is 0 Å². The summed E-state index contributed by atoms with van der Waals surface area (Å²) in [6, 6.07) is 67.3. The molecular formula is C60H50N4. The zero-order valence-corrected chi connectivity index (χ0v) is 37.3. The molecular weight excluding hydrogens is 777 g/mol. The fourth-order valence-corrected chi connectivity index (χ4v) is 9.85. The van der Waals surface area contributed by atoms with Crippen LogP contribution in [0.1, 0.15) is 56.0 Å². The standard InChI is InChI=1S/C60H50N4/c1-38-31-40(3)55(41(4)32-38)57(56-42(5)33-39(2)34-43(56)6)46-27-29-52(30-28-46)64(54-37-50-24-16-15-23-49(50)36-53(54)45-18-9-7-10-19-45)60-62-58(47-20-11-8-12-21-47)61-59(63-60)51-26-25-44-17-13-14-22-48(44)35-51/h7-37,57H,1-6H3. The van der Waals surface area contributed by atoms with E-state index in [1.54, 1.807) is 0 Å². The smallest absolute Gasteiger partial charge is 0.238 e. The van der Waals surface area contributed by atoms with Gasteiger partial charge in [0.25, 0.3) is 0 Å². The molecule has 0 atom stereocenters. The van der Waals surface area contributed by atoms with Crippen LogP contribution in [0, 0.1) is 41.5 Å². The van der Waals surface area contributed by atoms with Gasteiger partial charge in [0.2, 0.25) is 5.95 Å². The highest BCUT2D eigenvalue weighted by atomic mass is 15.3. The van der Waals surface area contributed by atoms with E-state index in [0.29, 0.717) is 17.6 Å². The van der Waals surface area contributed by atoms with E-state index in [4.69, 9.17) is 15.0 Å². The lowest BCUT2D eigenvalue weighted by atomic mass is 9.77. The average Bonchev–Trinajstić information content (AvgIpc) is 3.31. The zero-order chi connectivity index (χ0) is 43.9. The molecule has 64 heavy (non-hydrogen) atoms. The van der Waals surface area contributed by atoms with Crippen LogP contribution in [0.2, 0.25) is 0 Å². The van der Waals surface area contributed by atoms with Gasteiger partial charge in [-0.2, -0.15) is 9.97 Å².